The monoisotopic (exact) mass is 274 g/mol. The Labute approximate surface area is 119 Å². The number of carbonyl (C=O) groups excluding carboxylic acids is 2. The number of nitrogens with one attached hydrogen (secondary N) is 2. The van der Waals surface area contributed by atoms with Crippen LogP contribution in [-0.4, -0.2) is 18.4 Å². The third-order valence-corrected chi connectivity index (χ3v) is 3.56. The van der Waals surface area contributed by atoms with Crippen LogP contribution in [0.15, 0.2) is 24.3 Å². The average Bonchev–Trinajstić information content (AvgIpc) is 2.78. The maximum atomic E-state index is 11.9. The molecule has 1 aliphatic carbocycles. The van der Waals surface area contributed by atoms with E-state index in [4.69, 9.17) is 0 Å². The molecule has 0 bridgehead atoms. The summed E-state index contributed by atoms with van der Waals surface area (Å²) in [4.78, 5) is 23.6. The fraction of sp³-hybridized carbons (Fsp3) is 0.500. The van der Waals surface area contributed by atoms with Crippen LogP contribution in [0.25, 0.3) is 0 Å². The van der Waals surface area contributed by atoms with Crippen molar-refractivity contribution in [1.29, 1.82) is 0 Å². The Balaban J connectivity index is 1.86. The largest absolute Gasteiger partial charge is 0.348 e. The molecule has 1 unspecified atom stereocenters. The van der Waals surface area contributed by atoms with Crippen molar-refractivity contribution in [2.45, 2.75) is 39.7 Å². The number of fused-ring (bicyclic) bond motifs is 1. The van der Waals surface area contributed by atoms with E-state index in [1.54, 1.807) is 0 Å². The van der Waals surface area contributed by atoms with Gasteiger partial charge in [0.15, 0.2) is 0 Å². The van der Waals surface area contributed by atoms with Crippen molar-refractivity contribution in [2.75, 3.05) is 6.54 Å². The number of rotatable bonds is 3. The van der Waals surface area contributed by atoms with E-state index in [1.165, 1.54) is 11.1 Å². The molecule has 0 saturated carbocycles. The van der Waals surface area contributed by atoms with Crippen molar-refractivity contribution in [3.63, 3.8) is 0 Å². The lowest BCUT2D eigenvalue weighted by Crippen LogP contribution is -2.42. The fourth-order valence-electron chi connectivity index (χ4n) is 2.38. The fourth-order valence-corrected chi connectivity index (χ4v) is 2.38. The molecule has 0 aliphatic heterocycles. The zero-order valence-electron chi connectivity index (χ0n) is 12.3. The molecular weight excluding hydrogens is 252 g/mol. The van der Waals surface area contributed by atoms with Crippen LogP contribution in [0.2, 0.25) is 0 Å². The van der Waals surface area contributed by atoms with Gasteiger partial charge in [-0.25, -0.2) is 0 Å². The molecule has 1 aliphatic rings. The Bertz CT molecular complexity index is 517. The summed E-state index contributed by atoms with van der Waals surface area (Å²) in [6, 6.07) is 8.24. The van der Waals surface area contributed by atoms with Crippen LogP contribution in [0.3, 0.4) is 0 Å². The van der Waals surface area contributed by atoms with Crippen LogP contribution in [0, 0.1) is 5.41 Å². The Morgan fingerprint density at radius 1 is 1.25 bits per heavy atom. The van der Waals surface area contributed by atoms with Gasteiger partial charge < -0.3 is 10.6 Å². The number of hydrogen-bond donors (Lipinski definition) is 2. The van der Waals surface area contributed by atoms with Gasteiger partial charge in [-0.05, 0) is 24.0 Å². The molecule has 20 heavy (non-hydrogen) atoms. The predicted molar refractivity (Wildman–Crippen MR) is 78.1 cm³/mol. The van der Waals surface area contributed by atoms with Crippen molar-refractivity contribution in [2.24, 2.45) is 5.41 Å². The maximum absolute atomic E-state index is 11.9. The minimum Gasteiger partial charge on any atom is -0.348 e. The first-order valence-corrected chi connectivity index (χ1v) is 7.03. The first kappa shape index (κ1) is 14.6. The summed E-state index contributed by atoms with van der Waals surface area (Å²) in [6.45, 7) is 5.52. The number of aryl methyl sites for hydroxylation is 1. The van der Waals surface area contributed by atoms with Crippen molar-refractivity contribution in [1.82, 2.24) is 10.6 Å². The van der Waals surface area contributed by atoms with Crippen LogP contribution in [0.5, 0.6) is 0 Å². The standard InChI is InChI=1S/C16H22N2O2/c1-16(2,3)15(20)17-10-14(19)18-13-9-8-11-6-4-5-7-12(11)13/h4-7,13H,8-10H2,1-3H3,(H,17,20)(H,18,19). The van der Waals surface area contributed by atoms with E-state index in [0.717, 1.165) is 12.8 Å². The Morgan fingerprint density at radius 2 is 1.95 bits per heavy atom. The lowest BCUT2D eigenvalue weighted by molar-refractivity contribution is -0.131. The van der Waals surface area contributed by atoms with Crippen molar-refractivity contribution >= 4 is 11.8 Å². The van der Waals surface area contributed by atoms with E-state index >= 15 is 0 Å². The molecule has 0 fully saturated rings. The molecule has 4 nitrogen and oxygen atoms in total. The molecule has 2 rings (SSSR count). The van der Waals surface area contributed by atoms with Gasteiger partial charge in [0, 0.05) is 5.41 Å². The maximum Gasteiger partial charge on any atom is 0.239 e. The molecule has 0 radical (unpaired) electrons. The summed E-state index contributed by atoms with van der Waals surface area (Å²) in [5.74, 6) is -0.247. The highest BCUT2D eigenvalue weighted by molar-refractivity contribution is 5.87. The van der Waals surface area contributed by atoms with Crippen molar-refractivity contribution in [3.8, 4) is 0 Å². The quantitative estimate of drug-likeness (QED) is 0.885. The molecule has 108 valence electrons. The zero-order valence-corrected chi connectivity index (χ0v) is 12.3. The molecule has 0 spiro atoms. The number of benzene rings is 1. The average molecular weight is 274 g/mol. The second-order valence-corrected chi connectivity index (χ2v) is 6.29. The van der Waals surface area contributed by atoms with E-state index < -0.39 is 5.41 Å². The third kappa shape index (κ3) is 3.38. The van der Waals surface area contributed by atoms with Gasteiger partial charge in [0.1, 0.15) is 0 Å². The molecule has 1 aromatic carbocycles. The smallest absolute Gasteiger partial charge is 0.239 e. The van der Waals surface area contributed by atoms with Crippen LogP contribution in [0.1, 0.15) is 44.4 Å². The van der Waals surface area contributed by atoms with Gasteiger partial charge in [-0.1, -0.05) is 45.0 Å². The van der Waals surface area contributed by atoms with Gasteiger partial charge >= 0.3 is 0 Å². The molecule has 0 aromatic heterocycles. The zero-order chi connectivity index (χ0) is 14.8. The van der Waals surface area contributed by atoms with E-state index in [2.05, 4.69) is 22.8 Å². The van der Waals surface area contributed by atoms with Crippen molar-refractivity contribution < 1.29 is 9.59 Å². The Hall–Kier alpha value is -1.84. The molecular formula is C16H22N2O2. The van der Waals surface area contributed by atoms with E-state index in [9.17, 15) is 9.59 Å². The SMILES string of the molecule is CC(C)(C)C(=O)NCC(=O)NC1CCc2ccccc21. The van der Waals surface area contributed by atoms with Crippen molar-refractivity contribution in [3.05, 3.63) is 35.4 Å². The summed E-state index contributed by atoms with van der Waals surface area (Å²) in [5, 5.41) is 5.66. The summed E-state index contributed by atoms with van der Waals surface area (Å²) in [6.07, 6.45) is 1.92. The highest BCUT2D eigenvalue weighted by Crippen LogP contribution is 2.30. The summed E-state index contributed by atoms with van der Waals surface area (Å²) in [5.41, 5.74) is 2.03. The molecule has 2 N–H and O–H groups in total. The third-order valence-electron chi connectivity index (χ3n) is 3.56. The minimum atomic E-state index is -0.472. The van der Waals surface area contributed by atoms with Crippen LogP contribution < -0.4 is 10.6 Å². The van der Waals surface area contributed by atoms with E-state index in [-0.39, 0.29) is 24.4 Å². The van der Waals surface area contributed by atoms with Crippen LogP contribution in [-0.2, 0) is 16.0 Å². The predicted octanol–water partition coefficient (Wildman–Crippen LogP) is 1.95. The Morgan fingerprint density at radius 3 is 2.65 bits per heavy atom. The molecule has 1 aromatic rings. The van der Waals surface area contributed by atoms with E-state index in [1.807, 2.05) is 32.9 Å². The van der Waals surface area contributed by atoms with Gasteiger partial charge in [-0.15, -0.1) is 0 Å². The lowest BCUT2D eigenvalue weighted by Gasteiger charge is -2.18. The second kappa shape index (κ2) is 5.65. The molecule has 2 amide bonds. The first-order chi connectivity index (χ1) is 9.38. The summed E-state index contributed by atoms with van der Waals surface area (Å²) < 4.78 is 0. The highest BCUT2D eigenvalue weighted by Gasteiger charge is 2.25. The van der Waals surface area contributed by atoms with Crippen LogP contribution in [0.4, 0.5) is 0 Å². The van der Waals surface area contributed by atoms with Gasteiger partial charge in [0.2, 0.25) is 11.8 Å². The number of amides is 2. The molecule has 0 saturated heterocycles. The minimum absolute atomic E-state index is 0.0365. The topological polar surface area (TPSA) is 58.2 Å². The Kier molecular flexibility index (Phi) is 4.12. The number of hydrogen-bond acceptors (Lipinski definition) is 2. The van der Waals surface area contributed by atoms with Gasteiger partial charge in [0.25, 0.3) is 0 Å². The summed E-state index contributed by atoms with van der Waals surface area (Å²) in [7, 11) is 0. The van der Waals surface area contributed by atoms with Gasteiger partial charge in [-0.2, -0.15) is 0 Å². The molecule has 0 heterocycles. The number of carbonyl (C=O) groups is 2. The van der Waals surface area contributed by atoms with E-state index in [0.29, 0.717) is 0 Å². The van der Waals surface area contributed by atoms with Gasteiger partial charge in [-0.3, -0.25) is 9.59 Å². The molecule has 4 heteroatoms. The first-order valence-electron chi connectivity index (χ1n) is 7.03. The highest BCUT2D eigenvalue weighted by atomic mass is 16.2. The normalized spacial score (nSPS) is 17.4. The second-order valence-electron chi connectivity index (χ2n) is 6.29. The summed E-state index contributed by atoms with van der Waals surface area (Å²) >= 11 is 0. The van der Waals surface area contributed by atoms with Gasteiger partial charge in [0.05, 0.1) is 12.6 Å². The molecule has 1 atom stereocenters. The van der Waals surface area contributed by atoms with Crippen LogP contribution >= 0.6 is 0 Å². The lowest BCUT2D eigenvalue weighted by atomic mass is 9.96.